The summed E-state index contributed by atoms with van der Waals surface area (Å²) in [4.78, 5) is 4.62. The Labute approximate surface area is 85.2 Å². The van der Waals surface area contributed by atoms with Crippen molar-refractivity contribution in [3.63, 3.8) is 0 Å². The summed E-state index contributed by atoms with van der Waals surface area (Å²) in [6.07, 6.45) is 12.8. The molecule has 1 heteroatoms. The summed E-state index contributed by atoms with van der Waals surface area (Å²) >= 11 is 0. The van der Waals surface area contributed by atoms with Crippen LogP contribution in [0.15, 0.2) is 53.1 Å². The number of dihydropyridines is 1. The molecule has 2 bridgehead atoms. The minimum Gasteiger partial charge on any atom is -0.277 e. The van der Waals surface area contributed by atoms with Crippen LogP contribution in [-0.2, 0) is 0 Å². The quantitative estimate of drug-likeness (QED) is 0.594. The van der Waals surface area contributed by atoms with Crippen molar-refractivity contribution in [3.8, 4) is 0 Å². The van der Waals surface area contributed by atoms with Gasteiger partial charge < -0.3 is 0 Å². The number of nitrogens with zero attached hydrogens (tertiary/aromatic N) is 1. The third-order valence-electron chi connectivity index (χ3n) is 2.51. The Morgan fingerprint density at radius 3 is 3.14 bits per heavy atom. The van der Waals surface area contributed by atoms with Gasteiger partial charge in [0.1, 0.15) is 0 Å². The molecule has 0 saturated carbocycles. The van der Waals surface area contributed by atoms with Gasteiger partial charge in [-0.2, -0.15) is 0 Å². The van der Waals surface area contributed by atoms with E-state index in [4.69, 9.17) is 0 Å². The van der Waals surface area contributed by atoms with Crippen molar-refractivity contribution in [2.75, 3.05) is 0 Å². The molecule has 2 rings (SSSR count). The maximum atomic E-state index is 4.62. The number of rotatable bonds is 1. The highest BCUT2D eigenvalue weighted by atomic mass is 14.8. The first-order valence-corrected chi connectivity index (χ1v) is 5.02. The van der Waals surface area contributed by atoms with E-state index < -0.39 is 0 Å². The first-order chi connectivity index (χ1) is 6.75. The van der Waals surface area contributed by atoms with E-state index in [1.165, 1.54) is 5.57 Å². The molecule has 72 valence electrons. The molecule has 0 amide bonds. The average molecular weight is 185 g/mol. The highest BCUT2D eigenvalue weighted by Gasteiger charge is 2.14. The zero-order valence-corrected chi connectivity index (χ0v) is 8.53. The van der Waals surface area contributed by atoms with Crippen molar-refractivity contribution in [3.05, 3.63) is 48.1 Å². The van der Waals surface area contributed by atoms with Gasteiger partial charge in [-0.3, -0.25) is 4.99 Å². The second-order valence-electron chi connectivity index (χ2n) is 3.89. The van der Waals surface area contributed by atoms with Crippen LogP contribution in [-0.4, -0.2) is 11.8 Å². The molecule has 1 unspecified atom stereocenters. The van der Waals surface area contributed by atoms with E-state index in [0.29, 0.717) is 6.04 Å². The molecule has 0 aromatic heterocycles. The lowest BCUT2D eigenvalue weighted by Crippen LogP contribution is -2.14. The van der Waals surface area contributed by atoms with E-state index in [1.54, 1.807) is 0 Å². The van der Waals surface area contributed by atoms with Gasteiger partial charge >= 0.3 is 0 Å². The van der Waals surface area contributed by atoms with Crippen LogP contribution in [0.25, 0.3) is 0 Å². The lowest BCUT2D eigenvalue weighted by Gasteiger charge is -2.19. The predicted molar refractivity (Wildman–Crippen MR) is 61.6 cm³/mol. The molecule has 0 aromatic carbocycles. The summed E-state index contributed by atoms with van der Waals surface area (Å²) < 4.78 is 0. The van der Waals surface area contributed by atoms with Gasteiger partial charge in [-0.1, -0.05) is 36.5 Å². The van der Waals surface area contributed by atoms with Crippen molar-refractivity contribution in [2.45, 2.75) is 25.8 Å². The topological polar surface area (TPSA) is 12.4 Å². The number of fused-ring (bicyclic) bond motifs is 2. The van der Waals surface area contributed by atoms with Crippen LogP contribution in [0.3, 0.4) is 0 Å². The summed E-state index contributed by atoms with van der Waals surface area (Å²) in [6, 6.07) is 0.326. The van der Waals surface area contributed by atoms with Crippen molar-refractivity contribution in [2.24, 2.45) is 4.99 Å². The molecule has 0 radical (unpaired) electrons. The first kappa shape index (κ1) is 9.20. The summed E-state index contributed by atoms with van der Waals surface area (Å²) in [5.74, 6) is 0. The van der Waals surface area contributed by atoms with Crippen LogP contribution in [0.1, 0.15) is 19.8 Å². The fourth-order valence-corrected chi connectivity index (χ4v) is 1.76. The van der Waals surface area contributed by atoms with E-state index in [9.17, 15) is 0 Å². The predicted octanol–water partition coefficient (Wildman–Crippen LogP) is 3.22. The fraction of sp³-hybridized carbons (Fsp3) is 0.308. The van der Waals surface area contributed by atoms with Gasteiger partial charge in [0, 0.05) is 0 Å². The van der Waals surface area contributed by atoms with Gasteiger partial charge in [-0.15, -0.1) is 0 Å². The molecule has 1 heterocycles. The minimum atomic E-state index is 0.326. The maximum Gasteiger partial charge on any atom is 0.0727 e. The van der Waals surface area contributed by atoms with Crippen molar-refractivity contribution >= 4 is 5.71 Å². The molecule has 0 saturated heterocycles. The van der Waals surface area contributed by atoms with Crippen molar-refractivity contribution < 1.29 is 0 Å². The monoisotopic (exact) mass is 185 g/mol. The third-order valence-corrected chi connectivity index (χ3v) is 2.51. The lowest BCUT2D eigenvalue weighted by atomic mass is 9.95. The molecule has 2 aliphatic rings. The van der Waals surface area contributed by atoms with Crippen LogP contribution in [0.2, 0.25) is 0 Å². The second kappa shape index (κ2) is 3.79. The molecule has 1 nitrogen and oxygen atoms in total. The molecule has 0 N–H and O–H groups in total. The zero-order valence-electron chi connectivity index (χ0n) is 8.53. The maximum absolute atomic E-state index is 4.62. The Bertz CT molecular complexity index is 367. The molecule has 1 aliphatic carbocycles. The molecule has 0 aromatic rings. The summed E-state index contributed by atoms with van der Waals surface area (Å²) in [5, 5.41) is 0. The van der Waals surface area contributed by atoms with Gasteiger partial charge in [-0.25, -0.2) is 0 Å². The largest absolute Gasteiger partial charge is 0.277 e. The molecule has 1 aliphatic heterocycles. The van der Waals surface area contributed by atoms with Crippen LogP contribution < -0.4 is 0 Å². The number of aliphatic imine (C=N–C) groups is 1. The Hall–Kier alpha value is -1.37. The second-order valence-corrected chi connectivity index (χ2v) is 3.89. The standard InChI is InChI=1S/C13H15N/c1-10(2)13-9-11-6-4-3-5-7-12(8-11)14-13/h3-5,7,9,12H,1,6,8H2,2H3/b4-3-,7-5?. The van der Waals surface area contributed by atoms with Crippen LogP contribution >= 0.6 is 0 Å². The number of allylic oxidation sites excluding steroid dienone is 5. The van der Waals surface area contributed by atoms with E-state index in [0.717, 1.165) is 24.1 Å². The molecule has 0 fully saturated rings. The third kappa shape index (κ3) is 1.92. The number of hydrogen-bond acceptors (Lipinski definition) is 1. The van der Waals surface area contributed by atoms with Crippen LogP contribution in [0, 0.1) is 0 Å². The van der Waals surface area contributed by atoms with Gasteiger partial charge in [0.2, 0.25) is 0 Å². The Kier molecular flexibility index (Phi) is 2.49. The zero-order chi connectivity index (χ0) is 9.97. The normalized spacial score (nSPS) is 27.1. The van der Waals surface area contributed by atoms with E-state index in [-0.39, 0.29) is 0 Å². The van der Waals surface area contributed by atoms with Gasteiger partial charge in [0.25, 0.3) is 0 Å². The van der Waals surface area contributed by atoms with Gasteiger partial charge in [0.05, 0.1) is 11.8 Å². The molecule has 1 atom stereocenters. The van der Waals surface area contributed by atoms with Crippen molar-refractivity contribution in [1.29, 1.82) is 0 Å². The summed E-state index contributed by atoms with van der Waals surface area (Å²) in [6.45, 7) is 5.96. The number of hydrogen-bond donors (Lipinski definition) is 0. The van der Waals surface area contributed by atoms with Gasteiger partial charge in [0.15, 0.2) is 0 Å². The Balaban J connectivity index is 2.34. The van der Waals surface area contributed by atoms with Crippen LogP contribution in [0.5, 0.6) is 0 Å². The molecular formula is C13H15N. The Morgan fingerprint density at radius 2 is 2.36 bits per heavy atom. The average Bonchev–Trinajstić information content (AvgIpc) is 2.14. The molecule has 14 heavy (non-hydrogen) atoms. The van der Waals surface area contributed by atoms with E-state index in [2.05, 4.69) is 42.0 Å². The fourth-order valence-electron chi connectivity index (χ4n) is 1.76. The highest BCUT2D eigenvalue weighted by Crippen LogP contribution is 2.22. The van der Waals surface area contributed by atoms with Gasteiger partial charge in [-0.05, 0) is 31.4 Å². The Morgan fingerprint density at radius 1 is 1.50 bits per heavy atom. The molecular weight excluding hydrogens is 170 g/mol. The van der Waals surface area contributed by atoms with E-state index >= 15 is 0 Å². The summed E-state index contributed by atoms with van der Waals surface area (Å²) in [5.41, 5.74) is 3.59. The first-order valence-electron chi connectivity index (χ1n) is 5.02. The summed E-state index contributed by atoms with van der Waals surface area (Å²) in [7, 11) is 0. The highest BCUT2D eigenvalue weighted by molar-refractivity contribution is 6.08. The molecule has 0 spiro atoms. The lowest BCUT2D eigenvalue weighted by molar-refractivity contribution is 0.774. The minimum absolute atomic E-state index is 0.326. The van der Waals surface area contributed by atoms with Crippen molar-refractivity contribution in [1.82, 2.24) is 0 Å². The van der Waals surface area contributed by atoms with Crippen LogP contribution in [0.4, 0.5) is 0 Å². The smallest absolute Gasteiger partial charge is 0.0727 e. The van der Waals surface area contributed by atoms with E-state index in [1.807, 2.05) is 6.92 Å². The SMILES string of the molecule is C=C(C)C1=NC2C=C/C=C\CC(=C1)C2.